The summed E-state index contributed by atoms with van der Waals surface area (Å²) >= 11 is 0. The van der Waals surface area contributed by atoms with Crippen LogP contribution in [0.4, 0.5) is 0 Å². The smallest absolute Gasteiger partial charge is 0.277 e. The maximum Gasteiger partial charge on any atom is 0.277 e. The van der Waals surface area contributed by atoms with Crippen molar-refractivity contribution >= 4 is 11.6 Å². The summed E-state index contributed by atoms with van der Waals surface area (Å²) in [5, 5.41) is 4.34. The fourth-order valence-electron chi connectivity index (χ4n) is 2.86. The number of ether oxygens (including phenoxy) is 2. The summed E-state index contributed by atoms with van der Waals surface area (Å²) in [4.78, 5) is 12.0. The van der Waals surface area contributed by atoms with Crippen LogP contribution in [-0.4, -0.2) is 25.3 Å². The Balaban J connectivity index is 1.58. The molecule has 25 heavy (non-hydrogen) atoms. The van der Waals surface area contributed by atoms with Gasteiger partial charge in [0, 0.05) is 5.56 Å². The normalized spacial score (nSPS) is 15.2. The van der Waals surface area contributed by atoms with E-state index in [1.165, 1.54) is 5.56 Å². The molecule has 1 N–H and O–H groups in total. The predicted octanol–water partition coefficient (Wildman–Crippen LogP) is 3.32. The summed E-state index contributed by atoms with van der Waals surface area (Å²) in [6.45, 7) is -0.0786. The molecule has 0 saturated carbocycles. The number of nitrogens with one attached hydrogen (secondary N) is 1. The summed E-state index contributed by atoms with van der Waals surface area (Å²) in [5.74, 6) is 1.09. The van der Waals surface area contributed by atoms with E-state index in [9.17, 15) is 4.79 Å². The highest BCUT2D eigenvalue weighted by Crippen LogP contribution is 2.20. The van der Waals surface area contributed by atoms with Crippen molar-refractivity contribution in [2.24, 2.45) is 5.10 Å². The molecule has 0 radical (unpaired) electrons. The van der Waals surface area contributed by atoms with E-state index in [2.05, 4.69) is 22.7 Å². The van der Waals surface area contributed by atoms with Crippen LogP contribution in [0.3, 0.4) is 0 Å². The molecule has 1 aliphatic carbocycles. The molecule has 5 heteroatoms. The molecule has 0 unspecified atom stereocenters. The Morgan fingerprint density at radius 2 is 1.76 bits per heavy atom. The first-order valence-corrected chi connectivity index (χ1v) is 8.47. The highest BCUT2D eigenvalue weighted by Gasteiger charge is 2.13. The fraction of sp³-hybridized carbons (Fsp3) is 0.300. The Morgan fingerprint density at radius 1 is 1.04 bits per heavy atom. The third-order valence-corrected chi connectivity index (χ3v) is 4.18. The Morgan fingerprint density at radius 3 is 2.56 bits per heavy atom. The summed E-state index contributed by atoms with van der Waals surface area (Å²) in [7, 11) is 1.61. The SMILES string of the molecule is COc1ccc(OCC(=O)N/N=C2/CCCCc3ccccc32)cc1. The number of hydrogen-bond donors (Lipinski definition) is 1. The van der Waals surface area contributed by atoms with Crippen LogP contribution < -0.4 is 14.9 Å². The van der Waals surface area contributed by atoms with Crippen LogP contribution in [0.2, 0.25) is 0 Å². The van der Waals surface area contributed by atoms with Gasteiger partial charge in [-0.3, -0.25) is 4.79 Å². The van der Waals surface area contributed by atoms with Gasteiger partial charge in [0.15, 0.2) is 6.61 Å². The van der Waals surface area contributed by atoms with Crippen LogP contribution in [0.15, 0.2) is 53.6 Å². The van der Waals surface area contributed by atoms with E-state index >= 15 is 0 Å². The van der Waals surface area contributed by atoms with Crippen LogP contribution in [-0.2, 0) is 11.2 Å². The van der Waals surface area contributed by atoms with Crippen LogP contribution in [0, 0.1) is 0 Å². The number of carbonyl (C=O) groups excluding carboxylic acids is 1. The van der Waals surface area contributed by atoms with Crippen molar-refractivity contribution in [2.45, 2.75) is 25.7 Å². The van der Waals surface area contributed by atoms with Crippen molar-refractivity contribution in [2.75, 3.05) is 13.7 Å². The number of aryl methyl sites for hydroxylation is 1. The van der Waals surface area contributed by atoms with Gasteiger partial charge in [-0.25, -0.2) is 5.43 Å². The molecule has 5 nitrogen and oxygen atoms in total. The van der Waals surface area contributed by atoms with Gasteiger partial charge in [0.05, 0.1) is 12.8 Å². The number of hydrogen-bond acceptors (Lipinski definition) is 4. The number of benzene rings is 2. The zero-order valence-electron chi connectivity index (χ0n) is 14.3. The minimum atomic E-state index is -0.273. The summed E-state index contributed by atoms with van der Waals surface area (Å²) in [6, 6.07) is 15.4. The molecular weight excluding hydrogens is 316 g/mol. The van der Waals surface area contributed by atoms with E-state index in [4.69, 9.17) is 9.47 Å². The molecule has 3 rings (SSSR count). The molecular formula is C20H22N2O3. The van der Waals surface area contributed by atoms with Gasteiger partial charge in [-0.15, -0.1) is 0 Å². The van der Waals surface area contributed by atoms with Crippen LogP contribution >= 0.6 is 0 Å². The highest BCUT2D eigenvalue weighted by molar-refractivity contribution is 6.02. The first-order chi connectivity index (χ1) is 12.3. The number of methoxy groups -OCH3 is 1. The van der Waals surface area contributed by atoms with Gasteiger partial charge in [-0.05, 0) is 55.5 Å². The standard InChI is InChI=1S/C20H22N2O3/c1-24-16-10-12-17(13-11-16)25-14-20(23)22-21-19-9-5-3-7-15-6-2-4-8-18(15)19/h2,4,6,8,10-13H,3,5,7,9,14H2,1H3,(H,22,23)/b21-19-. The quantitative estimate of drug-likeness (QED) is 0.672. The van der Waals surface area contributed by atoms with Crippen LogP contribution in [0.1, 0.15) is 30.4 Å². The molecule has 0 aromatic heterocycles. The van der Waals surface area contributed by atoms with Gasteiger partial charge in [-0.2, -0.15) is 5.10 Å². The van der Waals surface area contributed by atoms with E-state index in [0.29, 0.717) is 5.75 Å². The molecule has 0 spiro atoms. The largest absolute Gasteiger partial charge is 0.497 e. The van der Waals surface area contributed by atoms with Crippen molar-refractivity contribution in [1.29, 1.82) is 0 Å². The molecule has 0 fully saturated rings. The van der Waals surface area contributed by atoms with Gasteiger partial charge in [0.2, 0.25) is 0 Å². The van der Waals surface area contributed by atoms with Crippen molar-refractivity contribution < 1.29 is 14.3 Å². The average Bonchev–Trinajstić information content (AvgIpc) is 2.87. The van der Waals surface area contributed by atoms with Gasteiger partial charge in [0.1, 0.15) is 11.5 Å². The van der Waals surface area contributed by atoms with Crippen LogP contribution in [0.5, 0.6) is 11.5 Å². The molecule has 2 aromatic carbocycles. The molecule has 0 heterocycles. The van der Waals surface area contributed by atoms with Gasteiger partial charge >= 0.3 is 0 Å². The molecule has 0 aliphatic heterocycles. The number of carbonyl (C=O) groups is 1. The van der Waals surface area contributed by atoms with Gasteiger partial charge < -0.3 is 9.47 Å². The average molecular weight is 338 g/mol. The van der Waals surface area contributed by atoms with Crippen LogP contribution in [0.25, 0.3) is 0 Å². The van der Waals surface area contributed by atoms with E-state index in [1.54, 1.807) is 31.4 Å². The van der Waals surface area contributed by atoms with Crippen molar-refractivity contribution in [1.82, 2.24) is 5.43 Å². The Hall–Kier alpha value is -2.82. The highest BCUT2D eigenvalue weighted by atomic mass is 16.5. The molecule has 0 atom stereocenters. The van der Waals surface area contributed by atoms with Crippen molar-refractivity contribution in [3.05, 3.63) is 59.7 Å². The lowest BCUT2D eigenvalue weighted by molar-refractivity contribution is -0.123. The second kappa shape index (κ2) is 8.33. The second-order valence-corrected chi connectivity index (χ2v) is 5.92. The fourth-order valence-corrected chi connectivity index (χ4v) is 2.86. The lowest BCUT2D eigenvalue weighted by Crippen LogP contribution is -2.26. The number of hydrazone groups is 1. The number of amides is 1. The van der Waals surface area contributed by atoms with E-state index in [-0.39, 0.29) is 12.5 Å². The van der Waals surface area contributed by atoms with Gasteiger partial charge in [0.25, 0.3) is 5.91 Å². The molecule has 1 aliphatic rings. The van der Waals surface area contributed by atoms with Crippen molar-refractivity contribution in [3.8, 4) is 11.5 Å². The van der Waals surface area contributed by atoms with E-state index in [1.807, 2.05) is 12.1 Å². The lowest BCUT2D eigenvalue weighted by Gasteiger charge is -2.09. The molecule has 1 amide bonds. The number of nitrogens with zero attached hydrogens (tertiary/aromatic N) is 1. The molecule has 0 saturated heterocycles. The van der Waals surface area contributed by atoms with Crippen molar-refractivity contribution in [3.63, 3.8) is 0 Å². The Labute approximate surface area is 147 Å². The summed E-state index contributed by atoms with van der Waals surface area (Å²) in [5.41, 5.74) is 5.98. The summed E-state index contributed by atoms with van der Waals surface area (Å²) < 4.78 is 10.6. The predicted molar refractivity (Wildman–Crippen MR) is 97.2 cm³/mol. The lowest BCUT2D eigenvalue weighted by atomic mass is 10.0. The maximum atomic E-state index is 12.0. The van der Waals surface area contributed by atoms with Gasteiger partial charge in [-0.1, -0.05) is 24.3 Å². The summed E-state index contributed by atoms with van der Waals surface area (Å²) in [6.07, 6.45) is 4.15. The Kier molecular flexibility index (Phi) is 5.67. The molecule has 130 valence electrons. The maximum absolute atomic E-state index is 12.0. The minimum Gasteiger partial charge on any atom is -0.497 e. The van der Waals surface area contributed by atoms with E-state index < -0.39 is 0 Å². The molecule has 0 bridgehead atoms. The topological polar surface area (TPSA) is 59.9 Å². The zero-order valence-corrected chi connectivity index (χ0v) is 14.3. The minimum absolute atomic E-state index is 0.0786. The third-order valence-electron chi connectivity index (χ3n) is 4.18. The Bertz CT molecular complexity index is 754. The monoisotopic (exact) mass is 338 g/mol. The van der Waals surface area contributed by atoms with E-state index in [0.717, 1.165) is 42.7 Å². The first-order valence-electron chi connectivity index (χ1n) is 8.47. The third kappa shape index (κ3) is 4.59. The second-order valence-electron chi connectivity index (χ2n) is 5.92. The molecule has 2 aromatic rings. The first kappa shape index (κ1) is 17.0. The number of fused-ring (bicyclic) bond motifs is 1. The zero-order chi connectivity index (χ0) is 17.5. The number of rotatable bonds is 5.